The summed E-state index contributed by atoms with van der Waals surface area (Å²) in [6.07, 6.45) is 0.636. The molecule has 0 aromatic heterocycles. The van der Waals surface area contributed by atoms with Crippen LogP contribution in [0, 0.1) is 5.82 Å². The number of piperidine rings is 1. The Morgan fingerprint density at radius 1 is 1.10 bits per heavy atom. The molecule has 2 heterocycles. The van der Waals surface area contributed by atoms with Crippen LogP contribution < -0.4 is 4.74 Å². The Balaban J connectivity index is 1.55. The van der Waals surface area contributed by atoms with Crippen LogP contribution in [0.5, 0.6) is 5.75 Å². The molecule has 3 rings (SSSR count). The molecule has 2 saturated heterocycles. The second-order valence-electron chi connectivity index (χ2n) is 8.76. The number of carbonyl (C=O) groups excluding carboxylic acids is 3. The summed E-state index contributed by atoms with van der Waals surface area (Å²) >= 11 is 0. The maximum Gasteiger partial charge on any atom is 0.410 e. The Morgan fingerprint density at radius 2 is 1.77 bits per heavy atom. The number of ether oxygens (including phenoxy) is 3. The Bertz CT molecular complexity index is 845. The van der Waals surface area contributed by atoms with Crippen LogP contribution in [0.1, 0.15) is 50.4 Å². The predicted octanol–water partition coefficient (Wildman–Crippen LogP) is 2.99. The first-order valence-corrected chi connectivity index (χ1v) is 10.4. The number of methoxy groups -OCH3 is 1. The van der Waals surface area contributed by atoms with Crippen molar-refractivity contribution in [2.75, 3.05) is 26.7 Å². The van der Waals surface area contributed by atoms with Crippen LogP contribution >= 0.6 is 0 Å². The fourth-order valence-electron chi connectivity index (χ4n) is 3.83. The van der Waals surface area contributed by atoms with Crippen LogP contribution in [0.2, 0.25) is 0 Å². The summed E-state index contributed by atoms with van der Waals surface area (Å²) in [7, 11) is 1.22. The lowest BCUT2D eigenvalue weighted by atomic mass is 10.0. The number of hydrogen-bond donors (Lipinski definition) is 0. The first kappa shape index (κ1) is 22.8. The number of rotatable bonds is 4. The van der Waals surface area contributed by atoms with Crippen molar-refractivity contribution in [1.29, 1.82) is 0 Å². The lowest BCUT2D eigenvalue weighted by Gasteiger charge is -2.37. The van der Waals surface area contributed by atoms with Crippen molar-refractivity contribution >= 4 is 18.0 Å². The first-order valence-electron chi connectivity index (χ1n) is 10.4. The van der Waals surface area contributed by atoms with E-state index in [0.717, 1.165) is 6.07 Å². The molecule has 0 spiro atoms. The molecule has 0 aliphatic carbocycles. The minimum Gasteiger partial charge on any atom is -0.477 e. The molecular weight excluding hydrogens is 407 g/mol. The Kier molecular flexibility index (Phi) is 6.71. The number of halogens is 1. The molecule has 2 amide bonds. The van der Waals surface area contributed by atoms with Crippen LogP contribution in [-0.4, -0.2) is 72.3 Å². The van der Waals surface area contributed by atoms with Gasteiger partial charge in [0.05, 0.1) is 12.7 Å². The lowest BCUT2D eigenvalue weighted by molar-refractivity contribution is -0.136. The highest BCUT2D eigenvalue weighted by atomic mass is 19.1. The van der Waals surface area contributed by atoms with Crippen molar-refractivity contribution in [3.05, 3.63) is 29.6 Å². The van der Waals surface area contributed by atoms with Crippen molar-refractivity contribution in [3.63, 3.8) is 0 Å². The third-order valence-electron chi connectivity index (χ3n) is 5.37. The number of nitrogens with zero attached hydrogens (tertiary/aromatic N) is 2. The van der Waals surface area contributed by atoms with Crippen molar-refractivity contribution in [2.24, 2.45) is 0 Å². The Morgan fingerprint density at radius 3 is 2.35 bits per heavy atom. The van der Waals surface area contributed by atoms with Crippen LogP contribution in [0.4, 0.5) is 9.18 Å². The highest BCUT2D eigenvalue weighted by Crippen LogP contribution is 2.27. The average Bonchev–Trinajstić information content (AvgIpc) is 3.08. The lowest BCUT2D eigenvalue weighted by Crippen LogP contribution is -2.49. The number of hydrogen-bond acceptors (Lipinski definition) is 6. The van der Waals surface area contributed by atoms with Gasteiger partial charge >= 0.3 is 12.1 Å². The zero-order valence-corrected chi connectivity index (χ0v) is 18.4. The predicted molar refractivity (Wildman–Crippen MR) is 109 cm³/mol. The van der Waals surface area contributed by atoms with Gasteiger partial charge in [-0.25, -0.2) is 14.0 Å². The molecule has 1 atom stereocenters. The zero-order valence-electron chi connectivity index (χ0n) is 18.4. The van der Waals surface area contributed by atoms with Gasteiger partial charge in [0.1, 0.15) is 5.60 Å². The number of benzene rings is 1. The van der Waals surface area contributed by atoms with Gasteiger partial charge in [-0.05, 0) is 51.8 Å². The van der Waals surface area contributed by atoms with Crippen molar-refractivity contribution in [2.45, 2.75) is 57.8 Å². The maximum atomic E-state index is 14.3. The van der Waals surface area contributed by atoms with E-state index >= 15 is 0 Å². The number of esters is 1. The molecule has 2 aliphatic heterocycles. The molecule has 1 aromatic carbocycles. The summed E-state index contributed by atoms with van der Waals surface area (Å²) in [6, 6.07) is 3.77. The van der Waals surface area contributed by atoms with E-state index in [1.807, 2.05) is 20.8 Å². The topological polar surface area (TPSA) is 85.4 Å². The monoisotopic (exact) mass is 436 g/mol. The fraction of sp³-hybridized carbons (Fsp3) is 0.591. The second kappa shape index (κ2) is 9.11. The SMILES string of the molecule is COC(=O)c1ccc(O[C@H]2CCN(C3CCN(C(=O)OC(C)(C)C)CC3)C2=O)c(F)c1. The minimum absolute atomic E-state index is 0.00586. The third-order valence-corrected chi connectivity index (χ3v) is 5.37. The van der Waals surface area contributed by atoms with Gasteiger partial charge in [0, 0.05) is 32.1 Å². The minimum atomic E-state index is -0.776. The van der Waals surface area contributed by atoms with Crippen molar-refractivity contribution in [3.8, 4) is 5.75 Å². The highest BCUT2D eigenvalue weighted by Gasteiger charge is 2.39. The molecule has 31 heavy (non-hydrogen) atoms. The molecule has 1 aromatic rings. The van der Waals surface area contributed by atoms with E-state index in [2.05, 4.69) is 4.74 Å². The van der Waals surface area contributed by atoms with E-state index in [1.165, 1.54) is 19.2 Å². The third kappa shape index (κ3) is 5.45. The maximum absolute atomic E-state index is 14.3. The van der Waals surface area contributed by atoms with Crippen LogP contribution in [0.3, 0.4) is 0 Å². The largest absolute Gasteiger partial charge is 0.477 e. The number of likely N-dealkylation sites (tertiary alicyclic amines) is 2. The van der Waals surface area contributed by atoms with E-state index in [0.29, 0.717) is 38.9 Å². The summed E-state index contributed by atoms with van der Waals surface area (Å²) in [5.41, 5.74) is -0.475. The van der Waals surface area contributed by atoms with Gasteiger partial charge < -0.3 is 24.0 Å². The van der Waals surface area contributed by atoms with Gasteiger partial charge in [0.15, 0.2) is 17.7 Å². The summed E-state index contributed by atoms with van der Waals surface area (Å²) < 4.78 is 29.9. The quantitative estimate of drug-likeness (QED) is 0.675. The van der Waals surface area contributed by atoms with Gasteiger partial charge in [0.25, 0.3) is 5.91 Å². The summed E-state index contributed by atoms with van der Waals surface area (Å²) in [5, 5.41) is 0. The van der Waals surface area contributed by atoms with Crippen LogP contribution in [0.15, 0.2) is 18.2 Å². The molecule has 0 radical (unpaired) electrons. The summed E-state index contributed by atoms with van der Waals surface area (Å²) in [5.74, 6) is -1.63. The Hall–Kier alpha value is -2.84. The molecule has 0 N–H and O–H groups in total. The van der Waals surface area contributed by atoms with Gasteiger partial charge in [0.2, 0.25) is 0 Å². The molecule has 170 valence electrons. The van der Waals surface area contributed by atoms with Gasteiger partial charge in [-0.1, -0.05) is 0 Å². The van der Waals surface area contributed by atoms with Crippen LogP contribution in [-0.2, 0) is 14.3 Å². The van der Waals surface area contributed by atoms with E-state index in [-0.39, 0.29) is 29.4 Å². The first-order chi connectivity index (χ1) is 14.6. The van der Waals surface area contributed by atoms with Gasteiger partial charge in [-0.2, -0.15) is 0 Å². The normalized spacial score (nSPS) is 20.0. The van der Waals surface area contributed by atoms with Crippen LogP contribution in [0.25, 0.3) is 0 Å². The molecule has 8 nitrogen and oxygen atoms in total. The smallest absolute Gasteiger partial charge is 0.410 e. The standard InChI is InChI=1S/C22H29FN2O6/c1-22(2,3)31-21(28)24-10-7-15(8-11-24)25-12-9-18(19(25)26)30-17-6-5-14(13-16(17)23)20(27)29-4/h5-6,13,15,18H,7-12H2,1-4H3/t18-/m0/s1. The van der Waals surface area contributed by atoms with E-state index < -0.39 is 23.5 Å². The van der Waals surface area contributed by atoms with E-state index in [1.54, 1.807) is 9.80 Å². The Labute approximate surface area is 181 Å². The molecule has 0 saturated carbocycles. The highest BCUT2D eigenvalue weighted by molar-refractivity contribution is 5.89. The van der Waals surface area contributed by atoms with E-state index in [4.69, 9.17) is 9.47 Å². The second-order valence-corrected chi connectivity index (χ2v) is 8.76. The van der Waals surface area contributed by atoms with Gasteiger partial charge in [-0.15, -0.1) is 0 Å². The van der Waals surface area contributed by atoms with E-state index in [9.17, 15) is 18.8 Å². The summed E-state index contributed by atoms with van der Waals surface area (Å²) in [6.45, 7) is 7.02. The molecule has 0 unspecified atom stereocenters. The molecule has 9 heteroatoms. The molecule has 2 fully saturated rings. The van der Waals surface area contributed by atoms with Gasteiger partial charge in [-0.3, -0.25) is 4.79 Å². The zero-order chi connectivity index (χ0) is 22.8. The van der Waals surface area contributed by atoms with Crippen molar-refractivity contribution < 1.29 is 33.0 Å². The fourth-order valence-corrected chi connectivity index (χ4v) is 3.83. The molecule has 0 bridgehead atoms. The average molecular weight is 436 g/mol. The number of carbonyl (C=O) groups is 3. The summed E-state index contributed by atoms with van der Waals surface area (Å²) in [4.78, 5) is 40.0. The molecule has 2 aliphatic rings. The number of amides is 2. The van der Waals surface area contributed by atoms with Crippen molar-refractivity contribution in [1.82, 2.24) is 9.80 Å². The molecular formula is C22H29FN2O6.